The number of nitrogens with two attached hydrogens (primary N) is 1. The lowest BCUT2D eigenvalue weighted by Gasteiger charge is -2.09. The highest BCUT2D eigenvalue weighted by Crippen LogP contribution is 2.36. The second kappa shape index (κ2) is 5.92. The first kappa shape index (κ1) is 13.6. The highest BCUT2D eigenvalue weighted by atomic mass is 35.5. The minimum atomic E-state index is 0.626. The summed E-state index contributed by atoms with van der Waals surface area (Å²) in [5.41, 5.74) is 8.01. The van der Waals surface area contributed by atoms with Crippen molar-refractivity contribution in [3.8, 4) is 0 Å². The van der Waals surface area contributed by atoms with Gasteiger partial charge in [0.25, 0.3) is 0 Å². The Labute approximate surface area is 127 Å². The SMILES string of the molecule is NCCc1cccc(Cl)c1Sc1cc2ccccc2[nH]1. The molecular weight excluding hydrogens is 288 g/mol. The fraction of sp³-hybridized carbons (Fsp3) is 0.125. The van der Waals surface area contributed by atoms with E-state index in [4.69, 9.17) is 17.3 Å². The molecule has 3 N–H and O–H groups in total. The normalized spacial score (nSPS) is 11.1. The van der Waals surface area contributed by atoms with Crippen molar-refractivity contribution in [1.82, 2.24) is 4.98 Å². The summed E-state index contributed by atoms with van der Waals surface area (Å²) in [6.07, 6.45) is 0.836. The molecule has 1 aromatic heterocycles. The maximum absolute atomic E-state index is 6.34. The molecule has 2 aromatic carbocycles. The Morgan fingerprint density at radius 2 is 1.95 bits per heavy atom. The van der Waals surface area contributed by atoms with Gasteiger partial charge in [-0.1, -0.05) is 53.7 Å². The van der Waals surface area contributed by atoms with Crippen LogP contribution in [-0.2, 0) is 6.42 Å². The summed E-state index contributed by atoms with van der Waals surface area (Å²) in [5.74, 6) is 0. The van der Waals surface area contributed by atoms with Gasteiger partial charge in [0.2, 0.25) is 0 Å². The van der Waals surface area contributed by atoms with Gasteiger partial charge < -0.3 is 10.7 Å². The van der Waals surface area contributed by atoms with E-state index < -0.39 is 0 Å². The fourth-order valence-electron chi connectivity index (χ4n) is 2.23. The van der Waals surface area contributed by atoms with Crippen molar-refractivity contribution in [3.05, 3.63) is 59.1 Å². The van der Waals surface area contributed by atoms with Crippen LogP contribution in [0.3, 0.4) is 0 Å². The maximum Gasteiger partial charge on any atom is 0.0781 e. The predicted molar refractivity (Wildman–Crippen MR) is 86.6 cm³/mol. The average molecular weight is 303 g/mol. The van der Waals surface area contributed by atoms with Crippen LogP contribution < -0.4 is 5.73 Å². The van der Waals surface area contributed by atoms with Crippen LogP contribution in [0, 0.1) is 0 Å². The Bertz CT molecular complexity index is 703. The zero-order valence-corrected chi connectivity index (χ0v) is 12.5. The number of hydrogen-bond acceptors (Lipinski definition) is 2. The van der Waals surface area contributed by atoms with Gasteiger partial charge in [-0.2, -0.15) is 0 Å². The Hall–Kier alpha value is -1.42. The molecule has 0 atom stereocenters. The summed E-state index contributed by atoms with van der Waals surface area (Å²) in [4.78, 5) is 4.50. The number of aromatic nitrogens is 1. The first-order valence-electron chi connectivity index (χ1n) is 6.51. The van der Waals surface area contributed by atoms with Crippen LogP contribution >= 0.6 is 23.4 Å². The maximum atomic E-state index is 6.34. The zero-order valence-electron chi connectivity index (χ0n) is 10.9. The Kier molecular flexibility index (Phi) is 4.01. The smallest absolute Gasteiger partial charge is 0.0781 e. The molecule has 4 heteroatoms. The van der Waals surface area contributed by atoms with Gasteiger partial charge in [-0.3, -0.25) is 0 Å². The third-order valence-corrected chi connectivity index (χ3v) is 4.73. The number of hydrogen-bond donors (Lipinski definition) is 2. The third kappa shape index (κ3) is 2.70. The lowest BCUT2D eigenvalue weighted by Crippen LogP contribution is -2.03. The molecule has 0 bridgehead atoms. The van der Waals surface area contributed by atoms with E-state index >= 15 is 0 Å². The molecule has 0 spiro atoms. The number of H-pyrrole nitrogens is 1. The lowest BCUT2D eigenvalue weighted by atomic mass is 10.1. The van der Waals surface area contributed by atoms with Gasteiger partial charge in [-0.15, -0.1) is 0 Å². The number of fused-ring (bicyclic) bond motifs is 1. The second-order valence-corrected chi connectivity index (χ2v) is 6.05. The quantitative estimate of drug-likeness (QED) is 0.746. The van der Waals surface area contributed by atoms with E-state index in [0.29, 0.717) is 6.54 Å². The van der Waals surface area contributed by atoms with E-state index in [2.05, 4.69) is 29.2 Å². The summed E-state index contributed by atoms with van der Waals surface area (Å²) < 4.78 is 0. The predicted octanol–water partition coefficient (Wildman–Crippen LogP) is 4.47. The molecule has 20 heavy (non-hydrogen) atoms. The van der Waals surface area contributed by atoms with Crippen LogP contribution in [0.2, 0.25) is 5.02 Å². The minimum absolute atomic E-state index is 0.626. The van der Waals surface area contributed by atoms with Crippen LogP contribution in [0.4, 0.5) is 0 Å². The molecule has 3 aromatic rings. The number of aromatic amines is 1. The van der Waals surface area contributed by atoms with Gasteiger partial charge >= 0.3 is 0 Å². The monoisotopic (exact) mass is 302 g/mol. The number of benzene rings is 2. The summed E-state index contributed by atoms with van der Waals surface area (Å²) in [7, 11) is 0. The molecule has 0 saturated heterocycles. The average Bonchev–Trinajstić information content (AvgIpc) is 2.85. The van der Waals surface area contributed by atoms with Crippen LogP contribution in [0.25, 0.3) is 10.9 Å². The number of nitrogens with one attached hydrogen (secondary N) is 1. The van der Waals surface area contributed by atoms with Crippen molar-refractivity contribution in [2.24, 2.45) is 5.73 Å². The van der Waals surface area contributed by atoms with Gasteiger partial charge in [0, 0.05) is 15.8 Å². The molecule has 0 aliphatic heterocycles. The topological polar surface area (TPSA) is 41.8 Å². The third-order valence-electron chi connectivity index (χ3n) is 3.18. The summed E-state index contributed by atoms with van der Waals surface area (Å²) >= 11 is 8.00. The fourth-order valence-corrected chi connectivity index (χ4v) is 3.58. The summed E-state index contributed by atoms with van der Waals surface area (Å²) in [6, 6.07) is 16.4. The molecule has 0 radical (unpaired) electrons. The molecule has 0 aliphatic carbocycles. The molecule has 0 unspecified atom stereocenters. The van der Waals surface area contributed by atoms with E-state index in [9.17, 15) is 0 Å². The van der Waals surface area contributed by atoms with Crippen molar-refractivity contribution in [2.45, 2.75) is 16.3 Å². The van der Waals surface area contributed by atoms with Crippen molar-refractivity contribution in [1.29, 1.82) is 0 Å². The molecule has 1 heterocycles. The molecule has 0 saturated carbocycles. The van der Waals surface area contributed by atoms with Crippen molar-refractivity contribution >= 4 is 34.3 Å². The summed E-state index contributed by atoms with van der Waals surface area (Å²) in [6.45, 7) is 0.626. The van der Waals surface area contributed by atoms with E-state index in [1.165, 1.54) is 10.9 Å². The van der Waals surface area contributed by atoms with Crippen LogP contribution in [0.5, 0.6) is 0 Å². The first-order valence-corrected chi connectivity index (χ1v) is 7.70. The standard InChI is InChI=1S/C16H15ClN2S/c17-13-6-3-5-11(8-9-18)16(13)20-15-10-12-4-1-2-7-14(12)19-15/h1-7,10,19H,8-9,18H2. The summed E-state index contributed by atoms with van der Waals surface area (Å²) in [5, 5.41) is 3.08. The van der Waals surface area contributed by atoms with Gasteiger partial charge in [-0.05, 0) is 36.7 Å². The Balaban J connectivity index is 1.97. The molecular formula is C16H15ClN2S. The van der Waals surface area contributed by atoms with E-state index in [1.807, 2.05) is 24.3 Å². The highest BCUT2D eigenvalue weighted by molar-refractivity contribution is 7.99. The lowest BCUT2D eigenvalue weighted by molar-refractivity contribution is 0.944. The van der Waals surface area contributed by atoms with Crippen LogP contribution in [-0.4, -0.2) is 11.5 Å². The van der Waals surface area contributed by atoms with Crippen LogP contribution in [0.15, 0.2) is 58.5 Å². The van der Waals surface area contributed by atoms with Crippen molar-refractivity contribution in [3.63, 3.8) is 0 Å². The highest BCUT2D eigenvalue weighted by Gasteiger charge is 2.10. The number of halogens is 1. The van der Waals surface area contributed by atoms with E-state index in [-0.39, 0.29) is 0 Å². The van der Waals surface area contributed by atoms with E-state index in [1.54, 1.807) is 11.8 Å². The van der Waals surface area contributed by atoms with Gasteiger partial charge in [0.15, 0.2) is 0 Å². The molecule has 0 fully saturated rings. The molecule has 2 nitrogen and oxygen atoms in total. The molecule has 102 valence electrons. The largest absolute Gasteiger partial charge is 0.349 e. The van der Waals surface area contributed by atoms with Crippen molar-refractivity contribution < 1.29 is 0 Å². The van der Waals surface area contributed by atoms with Gasteiger partial charge in [-0.25, -0.2) is 0 Å². The minimum Gasteiger partial charge on any atom is -0.349 e. The zero-order chi connectivity index (χ0) is 13.9. The number of para-hydroxylation sites is 1. The van der Waals surface area contributed by atoms with Crippen molar-refractivity contribution in [2.75, 3.05) is 6.54 Å². The van der Waals surface area contributed by atoms with Gasteiger partial charge in [0.1, 0.15) is 0 Å². The number of rotatable bonds is 4. The molecule has 0 amide bonds. The van der Waals surface area contributed by atoms with Gasteiger partial charge in [0.05, 0.1) is 10.0 Å². The molecule has 0 aliphatic rings. The molecule has 3 rings (SSSR count). The first-order chi connectivity index (χ1) is 9.78. The second-order valence-electron chi connectivity index (χ2n) is 4.59. The Morgan fingerprint density at radius 1 is 1.10 bits per heavy atom. The van der Waals surface area contributed by atoms with E-state index in [0.717, 1.165) is 26.9 Å². The van der Waals surface area contributed by atoms with Crippen LogP contribution in [0.1, 0.15) is 5.56 Å². The Morgan fingerprint density at radius 3 is 2.75 bits per heavy atom.